The number of benzene rings is 1. The van der Waals surface area contributed by atoms with Gasteiger partial charge in [-0.05, 0) is 32.0 Å². The normalized spacial score (nSPS) is 19.4. The summed E-state index contributed by atoms with van der Waals surface area (Å²) in [5.41, 5.74) is 2.01. The molecule has 86 valence electrons. The Labute approximate surface area is 95.4 Å². The molecule has 4 nitrogen and oxygen atoms in total. The first-order valence-corrected chi connectivity index (χ1v) is 5.59. The number of rotatable bonds is 2. The minimum Gasteiger partial charge on any atom is -0.334 e. The van der Waals surface area contributed by atoms with Crippen LogP contribution in [-0.4, -0.2) is 25.2 Å². The first kappa shape index (κ1) is 11.0. The molecule has 0 radical (unpaired) electrons. The van der Waals surface area contributed by atoms with Gasteiger partial charge in [0, 0.05) is 18.3 Å². The second kappa shape index (κ2) is 4.99. The molecule has 0 saturated carbocycles. The summed E-state index contributed by atoms with van der Waals surface area (Å²) < 4.78 is 0. The minimum absolute atomic E-state index is 0.127. The highest BCUT2D eigenvalue weighted by atomic mass is 16.2. The van der Waals surface area contributed by atoms with Gasteiger partial charge in [-0.25, -0.2) is 4.79 Å². The number of nitrogens with one attached hydrogen (secondary N) is 3. The third-order valence-corrected chi connectivity index (χ3v) is 2.70. The SMILES string of the molecule is Cc1ccc(NC(=O)N[C@@H]2CCNC2)cc1. The predicted molar refractivity (Wildman–Crippen MR) is 64.6 cm³/mol. The predicted octanol–water partition coefficient (Wildman–Crippen LogP) is 1.48. The molecule has 1 aliphatic heterocycles. The van der Waals surface area contributed by atoms with Crippen molar-refractivity contribution in [2.24, 2.45) is 0 Å². The van der Waals surface area contributed by atoms with Crippen molar-refractivity contribution in [2.45, 2.75) is 19.4 Å². The molecule has 1 atom stereocenters. The lowest BCUT2D eigenvalue weighted by molar-refractivity contribution is 0.249. The van der Waals surface area contributed by atoms with Gasteiger partial charge in [0.1, 0.15) is 0 Å². The molecule has 0 aromatic heterocycles. The standard InChI is InChI=1S/C12H17N3O/c1-9-2-4-10(5-3-9)14-12(16)15-11-6-7-13-8-11/h2-5,11,13H,6-8H2,1H3,(H2,14,15,16)/t11-/m1/s1. The summed E-state index contributed by atoms with van der Waals surface area (Å²) in [4.78, 5) is 11.6. The highest BCUT2D eigenvalue weighted by Crippen LogP contribution is 2.08. The largest absolute Gasteiger partial charge is 0.334 e. The zero-order chi connectivity index (χ0) is 11.4. The molecule has 0 unspecified atom stereocenters. The Balaban J connectivity index is 1.84. The van der Waals surface area contributed by atoms with E-state index in [0.29, 0.717) is 0 Å². The second-order valence-electron chi connectivity index (χ2n) is 4.15. The highest BCUT2D eigenvalue weighted by Gasteiger charge is 2.16. The summed E-state index contributed by atoms with van der Waals surface area (Å²) in [6.45, 7) is 3.87. The fraction of sp³-hybridized carbons (Fsp3) is 0.417. The highest BCUT2D eigenvalue weighted by molar-refractivity contribution is 5.89. The van der Waals surface area contributed by atoms with Crippen LogP contribution >= 0.6 is 0 Å². The van der Waals surface area contributed by atoms with Crippen LogP contribution in [0.5, 0.6) is 0 Å². The average molecular weight is 219 g/mol. The first-order chi connectivity index (χ1) is 7.74. The van der Waals surface area contributed by atoms with Gasteiger partial charge in [-0.15, -0.1) is 0 Å². The van der Waals surface area contributed by atoms with Crippen LogP contribution in [0.4, 0.5) is 10.5 Å². The van der Waals surface area contributed by atoms with Crippen LogP contribution in [0.1, 0.15) is 12.0 Å². The number of hydrogen-bond acceptors (Lipinski definition) is 2. The van der Waals surface area contributed by atoms with Crippen LogP contribution in [0, 0.1) is 6.92 Å². The fourth-order valence-corrected chi connectivity index (χ4v) is 1.77. The summed E-state index contributed by atoms with van der Waals surface area (Å²) in [5.74, 6) is 0. The van der Waals surface area contributed by atoms with Crippen molar-refractivity contribution >= 4 is 11.7 Å². The van der Waals surface area contributed by atoms with Crippen LogP contribution in [0.2, 0.25) is 0 Å². The van der Waals surface area contributed by atoms with Crippen molar-refractivity contribution < 1.29 is 4.79 Å². The smallest absolute Gasteiger partial charge is 0.319 e. The lowest BCUT2D eigenvalue weighted by Gasteiger charge is -2.12. The number of carbonyl (C=O) groups is 1. The molecule has 3 N–H and O–H groups in total. The van der Waals surface area contributed by atoms with Crippen molar-refractivity contribution in [2.75, 3.05) is 18.4 Å². The van der Waals surface area contributed by atoms with Crippen molar-refractivity contribution in [3.8, 4) is 0 Å². The quantitative estimate of drug-likeness (QED) is 0.705. The van der Waals surface area contributed by atoms with E-state index in [1.54, 1.807) is 0 Å². The van der Waals surface area contributed by atoms with E-state index >= 15 is 0 Å². The maximum atomic E-state index is 11.6. The third kappa shape index (κ3) is 2.97. The Morgan fingerprint density at radius 2 is 2.12 bits per heavy atom. The van der Waals surface area contributed by atoms with Gasteiger partial charge < -0.3 is 16.0 Å². The first-order valence-electron chi connectivity index (χ1n) is 5.59. The van der Waals surface area contributed by atoms with Gasteiger partial charge in [-0.1, -0.05) is 17.7 Å². The Hall–Kier alpha value is -1.55. The zero-order valence-electron chi connectivity index (χ0n) is 9.42. The minimum atomic E-state index is -0.127. The molecular formula is C12H17N3O. The fourth-order valence-electron chi connectivity index (χ4n) is 1.77. The van der Waals surface area contributed by atoms with Gasteiger partial charge in [0.25, 0.3) is 0 Å². The van der Waals surface area contributed by atoms with Crippen LogP contribution in [0.3, 0.4) is 0 Å². The number of hydrogen-bond donors (Lipinski definition) is 3. The van der Waals surface area contributed by atoms with Crippen molar-refractivity contribution in [3.05, 3.63) is 29.8 Å². The third-order valence-electron chi connectivity index (χ3n) is 2.70. The van der Waals surface area contributed by atoms with Crippen molar-refractivity contribution in [1.82, 2.24) is 10.6 Å². The molecule has 1 aromatic rings. The molecule has 2 amide bonds. The number of amides is 2. The summed E-state index contributed by atoms with van der Waals surface area (Å²) in [6, 6.07) is 7.89. The zero-order valence-corrected chi connectivity index (χ0v) is 9.42. The van der Waals surface area contributed by atoms with E-state index < -0.39 is 0 Å². The van der Waals surface area contributed by atoms with Gasteiger partial charge in [0.2, 0.25) is 0 Å². The second-order valence-corrected chi connectivity index (χ2v) is 4.15. The molecule has 1 aromatic carbocycles. The molecular weight excluding hydrogens is 202 g/mol. The Morgan fingerprint density at radius 1 is 1.38 bits per heavy atom. The van der Waals surface area contributed by atoms with Gasteiger partial charge >= 0.3 is 6.03 Å². The average Bonchev–Trinajstić information content (AvgIpc) is 2.74. The molecule has 4 heteroatoms. The number of urea groups is 1. The van der Waals surface area contributed by atoms with Crippen molar-refractivity contribution in [1.29, 1.82) is 0 Å². The Bertz CT molecular complexity index is 355. The van der Waals surface area contributed by atoms with Crippen LogP contribution in [0.25, 0.3) is 0 Å². The summed E-state index contributed by atoms with van der Waals surface area (Å²) in [6.07, 6.45) is 1.00. The molecule has 0 bridgehead atoms. The Morgan fingerprint density at radius 3 is 2.75 bits per heavy atom. The van der Waals surface area contributed by atoms with E-state index in [-0.39, 0.29) is 12.1 Å². The van der Waals surface area contributed by atoms with Gasteiger partial charge in [-0.2, -0.15) is 0 Å². The summed E-state index contributed by atoms with van der Waals surface area (Å²) >= 11 is 0. The topological polar surface area (TPSA) is 53.2 Å². The monoisotopic (exact) mass is 219 g/mol. The maximum absolute atomic E-state index is 11.6. The van der Waals surface area contributed by atoms with Crippen LogP contribution < -0.4 is 16.0 Å². The molecule has 0 aliphatic carbocycles. The molecule has 1 saturated heterocycles. The lowest BCUT2D eigenvalue weighted by atomic mass is 10.2. The van der Waals surface area contributed by atoms with Gasteiger partial charge in [-0.3, -0.25) is 0 Å². The summed E-state index contributed by atoms with van der Waals surface area (Å²) in [7, 11) is 0. The lowest BCUT2D eigenvalue weighted by Crippen LogP contribution is -2.39. The Kier molecular flexibility index (Phi) is 3.41. The van der Waals surface area contributed by atoms with Crippen LogP contribution in [0.15, 0.2) is 24.3 Å². The molecule has 1 heterocycles. The molecule has 16 heavy (non-hydrogen) atoms. The van der Waals surface area contributed by atoms with E-state index in [1.807, 2.05) is 31.2 Å². The van der Waals surface area contributed by atoms with E-state index in [2.05, 4.69) is 16.0 Å². The number of carbonyl (C=O) groups excluding carboxylic acids is 1. The van der Waals surface area contributed by atoms with E-state index in [1.165, 1.54) is 5.56 Å². The molecule has 1 fully saturated rings. The van der Waals surface area contributed by atoms with E-state index in [4.69, 9.17) is 0 Å². The summed E-state index contributed by atoms with van der Waals surface area (Å²) in [5, 5.41) is 8.95. The maximum Gasteiger partial charge on any atom is 0.319 e. The van der Waals surface area contributed by atoms with E-state index in [9.17, 15) is 4.79 Å². The molecule has 0 spiro atoms. The number of aryl methyl sites for hydroxylation is 1. The molecule has 1 aliphatic rings. The van der Waals surface area contributed by atoms with Crippen LogP contribution in [-0.2, 0) is 0 Å². The molecule has 2 rings (SSSR count). The van der Waals surface area contributed by atoms with Crippen molar-refractivity contribution in [3.63, 3.8) is 0 Å². The van der Waals surface area contributed by atoms with Gasteiger partial charge in [0.15, 0.2) is 0 Å². The number of anilines is 1. The van der Waals surface area contributed by atoms with Gasteiger partial charge in [0.05, 0.1) is 0 Å². The van der Waals surface area contributed by atoms with E-state index in [0.717, 1.165) is 25.2 Å².